The molecule has 5 aliphatic rings. The first-order valence-corrected chi connectivity index (χ1v) is 15.5. The molecule has 5 fully saturated rings. The maximum atomic E-state index is 13.5. The summed E-state index contributed by atoms with van der Waals surface area (Å²) in [5.74, 6) is 2.35. The van der Waals surface area contributed by atoms with E-state index in [0.717, 1.165) is 44.0 Å². The fourth-order valence-corrected chi connectivity index (χ4v) is 10.3. The van der Waals surface area contributed by atoms with Crippen molar-refractivity contribution < 1.29 is 19.4 Å². The minimum Gasteiger partial charge on any atom is -0.461 e. The summed E-state index contributed by atoms with van der Waals surface area (Å²) >= 11 is 1.71. The molecular weight excluding hydrogens is 470 g/mol. The molecule has 2 N–H and O–H groups in total. The van der Waals surface area contributed by atoms with Crippen molar-refractivity contribution in [3.63, 3.8) is 0 Å². The molecule has 0 aromatic rings. The molecule has 1 heterocycles. The van der Waals surface area contributed by atoms with Crippen LogP contribution in [-0.2, 0) is 14.3 Å². The fourth-order valence-electron chi connectivity index (χ4n) is 9.18. The number of piperidine rings is 1. The van der Waals surface area contributed by atoms with Gasteiger partial charge in [-0.25, -0.2) is 0 Å². The Kier molecular flexibility index (Phi) is 6.99. The first-order chi connectivity index (χ1) is 17.0. The van der Waals surface area contributed by atoms with Crippen molar-refractivity contribution in [1.82, 2.24) is 5.32 Å². The van der Waals surface area contributed by atoms with Gasteiger partial charge >= 0.3 is 5.97 Å². The molecule has 202 valence electrons. The zero-order valence-corrected chi connectivity index (χ0v) is 23.6. The molecule has 5 nitrogen and oxygen atoms in total. The average molecular weight is 518 g/mol. The number of carbonyl (C=O) groups excluding carboxylic acids is 2. The molecule has 0 aromatic carbocycles. The number of ketones is 1. The Bertz CT molecular complexity index is 901. The molecule has 36 heavy (non-hydrogen) atoms. The van der Waals surface area contributed by atoms with Crippen LogP contribution in [0.1, 0.15) is 79.1 Å². The molecule has 0 aromatic heterocycles. The Morgan fingerprint density at radius 2 is 1.92 bits per heavy atom. The van der Waals surface area contributed by atoms with E-state index >= 15 is 0 Å². The van der Waals surface area contributed by atoms with Crippen LogP contribution in [0.5, 0.6) is 0 Å². The van der Waals surface area contributed by atoms with Gasteiger partial charge in [0, 0.05) is 23.2 Å². The predicted octanol–water partition coefficient (Wildman–Crippen LogP) is 5.02. The molecule has 6 heteroatoms. The maximum absolute atomic E-state index is 13.5. The van der Waals surface area contributed by atoms with Crippen molar-refractivity contribution >= 4 is 23.5 Å². The Morgan fingerprint density at radius 3 is 2.61 bits per heavy atom. The van der Waals surface area contributed by atoms with Gasteiger partial charge < -0.3 is 15.2 Å². The number of aliphatic hydroxyl groups is 1. The first-order valence-electron chi connectivity index (χ1n) is 14.3. The van der Waals surface area contributed by atoms with Gasteiger partial charge in [0.15, 0.2) is 0 Å². The zero-order chi connectivity index (χ0) is 25.9. The second kappa shape index (κ2) is 9.41. The number of esters is 1. The first kappa shape index (κ1) is 26.7. The van der Waals surface area contributed by atoms with Crippen molar-refractivity contribution in [3.8, 4) is 0 Å². The van der Waals surface area contributed by atoms with E-state index < -0.39 is 23.0 Å². The summed E-state index contributed by atoms with van der Waals surface area (Å²) in [6.07, 6.45) is 8.55. The van der Waals surface area contributed by atoms with Gasteiger partial charge in [-0.05, 0) is 92.4 Å². The van der Waals surface area contributed by atoms with E-state index in [2.05, 4.69) is 39.6 Å². The van der Waals surface area contributed by atoms with E-state index in [-0.39, 0.29) is 29.1 Å². The quantitative estimate of drug-likeness (QED) is 0.381. The normalized spacial score (nSPS) is 47.5. The van der Waals surface area contributed by atoms with E-state index in [9.17, 15) is 14.7 Å². The van der Waals surface area contributed by atoms with Gasteiger partial charge in [0.2, 0.25) is 0 Å². The summed E-state index contributed by atoms with van der Waals surface area (Å²) in [6.45, 7) is 15.0. The summed E-state index contributed by atoms with van der Waals surface area (Å²) < 4.78 is 6.38. The van der Waals surface area contributed by atoms with Crippen LogP contribution >= 0.6 is 11.8 Å². The van der Waals surface area contributed by atoms with Crippen molar-refractivity contribution in [2.24, 2.45) is 45.3 Å². The van der Waals surface area contributed by atoms with Gasteiger partial charge in [0.25, 0.3) is 0 Å². The fraction of sp³-hybridized carbons (Fsp3) is 0.867. The maximum Gasteiger partial charge on any atom is 0.316 e. The van der Waals surface area contributed by atoms with Crippen molar-refractivity contribution in [2.45, 2.75) is 91.3 Å². The second-order valence-corrected chi connectivity index (χ2v) is 14.6. The second-order valence-electron chi connectivity index (χ2n) is 13.6. The highest BCUT2D eigenvalue weighted by Crippen LogP contribution is 2.68. The third-order valence-electron chi connectivity index (χ3n) is 12.1. The third kappa shape index (κ3) is 4.04. The SMILES string of the molecule is C=C[C@]1(C)C[C@@H](OC(=O)CSCC2CC23CCNCC3)[C@]2(C)C(C)CC[C@]3(CCC(=O)C32)[C@@H](C)[C@@H]1O. The van der Waals surface area contributed by atoms with E-state index in [1.165, 1.54) is 19.3 Å². The lowest BCUT2D eigenvalue weighted by Gasteiger charge is -2.61. The molecule has 5 rings (SSSR count). The van der Waals surface area contributed by atoms with E-state index in [4.69, 9.17) is 4.74 Å². The molecule has 9 atom stereocenters. The zero-order valence-electron chi connectivity index (χ0n) is 22.8. The monoisotopic (exact) mass is 517 g/mol. The highest BCUT2D eigenvalue weighted by molar-refractivity contribution is 7.99. The summed E-state index contributed by atoms with van der Waals surface area (Å²) in [4.78, 5) is 26.8. The highest BCUT2D eigenvalue weighted by atomic mass is 32.2. The molecule has 4 aliphatic carbocycles. The topological polar surface area (TPSA) is 75.6 Å². The Labute approximate surface area is 222 Å². The minimum absolute atomic E-state index is 0.00293. The molecular formula is C30H47NO4S. The van der Waals surface area contributed by atoms with Gasteiger partial charge in [-0.2, -0.15) is 0 Å². The van der Waals surface area contributed by atoms with Gasteiger partial charge in [-0.15, -0.1) is 18.3 Å². The number of aliphatic hydroxyl groups excluding tert-OH is 1. The number of rotatable bonds is 6. The van der Waals surface area contributed by atoms with Crippen molar-refractivity contribution in [1.29, 1.82) is 0 Å². The Morgan fingerprint density at radius 1 is 1.19 bits per heavy atom. The summed E-state index contributed by atoms with van der Waals surface area (Å²) in [5, 5.41) is 15.1. The van der Waals surface area contributed by atoms with E-state index in [1.807, 2.05) is 6.08 Å². The third-order valence-corrected chi connectivity index (χ3v) is 13.2. The summed E-state index contributed by atoms with van der Waals surface area (Å²) in [7, 11) is 0. The number of hydrogen-bond acceptors (Lipinski definition) is 6. The van der Waals surface area contributed by atoms with Crippen LogP contribution in [-0.4, -0.2) is 53.7 Å². The van der Waals surface area contributed by atoms with Crippen molar-refractivity contribution in [3.05, 3.63) is 12.7 Å². The molecule has 1 aliphatic heterocycles. The standard InChI is InChI=1S/C30H47NO4S/c1-6-27(4)16-23(35-24(33)18-36-17-21-15-29(21)11-13-31-14-12-29)28(5)19(2)7-9-30(20(3)26(27)34)10-8-22(32)25(28)30/h6,19-21,23,25-26,31,34H,1,7-18H2,2-5H3/t19?,20-,21?,23+,25?,26-,27+,28-,30-/m0/s1. The number of carbonyl (C=O) groups is 2. The number of thioether (sulfide) groups is 1. The number of ether oxygens (including phenoxy) is 1. The predicted molar refractivity (Wildman–Crippen MR) is 145 cm³/mol. The number of nitrogens with one attached hydrogen (secondary N) is 1. The van der Waals surface area contributed by atoms with E-state index in [1.54, 1.807) is 11.8 Å². The van der Waals surface area contributed by atoms with Gasteiger partial charge in [0.1, 0.15) is 11.9 Å². The summed E-state index contributed by atoms with van der Waals surface area (Å²) in [6, 6.07) is 0. The van der Waals surface area contributed by atoms with Crippen LogP contribution in [0.4, 0.5) is 0 Å². The van der Waals surface area contributed by atoms with Crippen LogP contribution in [0.3, 0.4) is 0 Å². The van der Waals surface area contributed by atoms with Crippen LogP contribution in [0.2, 0.25) is 0 Å². The van der Waals surface area contributed by atoms with Gasteiger partial charge in [-0.3, -0.25) is 9.59 Å². The summed E-state index contributed by atoms with van der Waals surface area (Å²) in [5.41, 5.74) is -0.705. The van der Waals surface area contributed by atoms with Gasteiger partial charge in [0.05, 0.1) is 11.9 Å². The van der Waals surface area contributed by atoms with Crippen molar-refractivity contribution in [2.75, 3.05) is 24.6 Å². The largest absolute Gasteiger partial charge is 0.461 e. The van der Waals surface area contributed by atoms with Crippen LogP contribution in [0.15, 0.2) is 12.7 Å². The van der Waals surface area contributed by atoms with E-state index in [0.29, 0.717) is 29.8 Å². The molecule has 1 saturated heterocycles. The average Bonchev–Trinajstić information content (AvgIpc) is 3.38. The smallest absolute Gasteiger partial charge is 0.316 e. The Balaban J connectivity index is 1.35. The lowest BCUT2D eigenvalue weighted by molar-refractivity contribution is -0.205. The lowest BCUT2D eigenvalue weighted by Crippen LogP contribution is -2.63. The molecule has 3 unspecified atom stereocenters. The van der Waals surface area contributed by atoms with Crippen LogP contribution < -0.4 is 5.32 Å². The lowest BCUT2D eigenvalue weighted by atomic mass is 9.44. The molecule has 2 bridgehead atoms. The number of Topliss-reactive ketones (excluding diaryl/α,β-unsaturated/α-hetero) is 1. The number of hydrogen-bond donors (Lipinski definition) is 2. The highest BCUT2D eigenvalue weighted by Gasteiger charge is 2.68. The van der Waals surface area contributed by atoms with Crippen LogP contribution in [0, 0.1) is 45.3 Å². The molecule has 4 saturated carbocycles. The minimum atomic E-state index is -0.618. The molecule has 0 amide bonds. The molecule has 1 spiro atoms. The molecule has 0 radical (unpaired) electrons. The Hall–Kier alpha value is -0.850. The van der Waals surface area contributed by atoms with Gasteiger partial charge in [-0.1, -0.05) is 33.8 Å². The van der Waals surface area contributed by atoms with Crippen LogP contribution in [0.25, 0.3) is 0 Å².